The molecule has 8 nitrogen and oxygen atoms in total. The van der Waals surface area contributed by atoms with Crippen molar-refractivity contribution in [2.24, 2.45) is 0 Å². The lowest BCUT2D eigenvalue weighted by Crippen LogP contribution is -2.19. The summed E-state index contributed by atoms with van der Waals surface area (Å²) >= 11 is 1.33. The van der Waals surface area contributed by atoms with Crippen LogP contribution in [-0.2, 0) is 0 Å². The van der Waals surface area contributed by atoms with Gasteiger partial charge in [0.05, 0.1) is 14.2 Å². The first-order valence-electron chi connectivity index (χ1n) is 7.92. The molecule has 0 aliphatic heterocycles. The van der Waals surface area contributed by atoms with Gasteiger partial charge in [-0.3, -0.25) is 5.32 Å². The smallest absolute Gasteiger partial charge is 0.325 e. The molecule has 2 rings (SSSR count). The minimum absolute atomic E-state index is 0.397. The first kappa shape index (κ1) is 18.8. The van der Waals surface area contributed by atoms with Crippen molar-refractivity contribution < 1.29 is 14.3 Å². The van der Waals surface area contributed by atoms with Crippen LogP contribution in [0.3, 0.4) is 0 Å². The fraction of sp³-hybridized carbons (Fsp3) is 0.438. The maximum absolute atomic E-state index is 12.1. The summed E-state index contributed by atoms with van der Waals surface area (Å²) < 4.78 is 10.4. The van der Waals surface area contributed by atoms with Gasteiger partial charge < -0.3 is 19.7 Å². The number of hydrogen-bond acceptors (Lipinski definition) is 7. The Kier molecular flexibility index (Phi) is 6.81. The average molecular weight is 365 g/mol. The molecule has 1 heterocycles. The largest absolute Gasteiger partial charge is 0.493 e. The zero-order valence-corrected chi connectivity index (χ0v) is 15.6. The number of methoxy groups -OCH3 is 2. The van der Waals surface area contributed by atoms with E-state index in [1.54, 1.807) is 32.4 Å². The lowest BCUT2D eigenvalue weighted by molar-refractivity contribution is 0.262. The van der Waals surface area contributed by atoms with Crippen molar-refractivity contribution in [2.75, 3.05) is 43.3 Å². The highest BCUT2D eigenvalue weighted by Gasteiger charge is 2.12. The molecule has 136 valence electrons. The first-order chi connectivity index (χ1) is 12.1. The van der Waals surface area contributed by atoms with E-state index in [0.717, 1.165) is 24.5 Å². The molecule has 0 aliphatic carbocycles. The van der Waals surface area contributed by atoms with Crippen LogP contribution in [0.1, 0.15) is 19.8 Å². The molecule has 0 saturated carbocycles. The number of hydrogen-bond donors (Lipinski definition) is 2. The number of rotatable bonds is 8. The van der Waals surface area contributed by atoms with Crippen molar-refractivity contribution in [3.8, 4) is 11.5 Å². The molecule has 2 amide bonds. The highest BCUT2D eigenvalue weighted by molar-refractivity contribution is 7.19. The summed E-state index contributed by atoms with van der Waals surface area (Å²) in [5.41, 5.74) is 0.583. The minimum Gasteiger partial charge on any atom is -0.493 e. The molecule has 0 spiro atoms. The Balaban J connectivity index is 1.95. The molecule has 0 radical (unpaired) electrons. The second kappa shape index (κ2) is 9.07. The molecular weight excluding hydrogens is 342 g/mol. The van der Waals surface area contributed by atoms with Gasteiger partial charge in [0, 0.05) is 25.3 Å². The Morgan fingerprint density at radius 3 is 2.64 bits per heavy atom. The number of nitrogens with one attached hydrogen (secondary N) is 2. The number of carbonyl (C=O) groups is 1. The molecule has 0 unspecified atom stereocenters. The molecule has 0 saturated heterocycles. The van der Waals surface area contributed by atoms with Crippen LogP contribution < -0.4 is 25.0 Å². The van der Waals surface area contributed by atoms with Crippen LogP contribution in [0.15, 0.2) is 18.2 Å². The number of amides is 2. The molecule has 2 N–H and O–H groups in total. The van der Waals surface area contributed by atoms with Gasteiger partial charge in [0.1, 0.15) is 0 Å². The van der Waals surface area contributed by atoms with Crippen LogP contribution >= 0.6 is 11.3 Å². The molecule has 0 bridgehead atoms. The number of aromatic nitrogens is 2. The fourth-order valence-electron chi connectivity index (χ4n) is 2.08. The Bertz CT molecular complexity index is 707. The number of carbonyl (C=O) groups excluding carboxylic acids is 1. The second-order valence-electron chi connectivity index (χ2n) is 5.31. The summed E-state index contributed by atoms with van der Waals surface area (Å²) in [4.78, 5) is 14.1. The summed E-state index contributed by atoms with van der Waals surface area (Å²) in [5, 5.41) is 14.7. The standard InChI is InChI=1S/C16H23N5O3S/c1-5-6-9-21(2)16-20-19-15(25-16)18-14(22)17-11-7-8-12(23-3)13(10-11)24-4/h7-8,10H,5-6,9H2,1-4H3,(H2,17,18,19,22). The third-order valence-electron chi connectivity index (χ3n) is 3.45. The van der Waals surface area contributed by atoms with E-state index >= 15 is 0 Å². The molecule has 0 atom stereocenters. The molecular formula is C16H23N5O3S. The van der Waals surface area contributed by atoms with Crippen molar-refractivity contribution in [1.82, 2.24) is 10.2 Å². The Labute approximate surface area is 151 Å². The Morgan fingerprint density at radius 1 is 1.20 bits per heavy atom. The van der Waals surface area contributed by atoms with Gasteiger partial charge in [-0.15, -0.1) is 10.2 Å². The monoisotopic (exact) mass is 365 g/mol. The fourth-order valence-corrected chi connectivity index (χ4v) is 2.81. The van der Waals surface area contributed by atoms with Gasteiger partial charge in [0.2, 0.25) is 10.3 Å². The highest BCUT2D eigenvalue weighted by atomic mass is 32.1. The number of benzene rings is 1. The van der Waals surface area contributed by atoms with Gasteiger partial charge in [0.15, 0.2) is 11.5 Å². The molecule has 9 heteroatoms. The van der Waals surface area contributed by atoms with E-state index in [9.17, 15) is 4.79 Å². The van der Waals surface area contributed by atoms with Gasteiger partial charge in [0.25, 0.3) is 0 Å². The minimum atomic E-state index is -0.397. The number of urea groups is 1. The van der Waals surface area contributed by atoms with E-state index in [4.69, 9.17) is 9.47 Å². The van der Waals surface area contributed by atoms with Crippen LogP contribution in [-0.4, -0.2) is 44.0 Å². The van der Waals surface area contributed by atoms with E-state index in [2.05, 4.69) is 27.8 Å². The molecule has 1 aromatic heterocycles. The van der Waals surface area contributed by atoms with Crippen LogP contribution in [0.4, 0.5) is 20.7 Å². The summed E-state index contributed by atoms with van der Waals surface area (Å²) in [6.07, 6.45) is 2.20. The van der Waals surface area contributed by atoms with Crippen molar-refractivity contribution in [2.45, 2.75) is 19.8 Å². The number of unbranched alkanes of at least 4 members (excludes halogenated alkanes) is 1. The van der Waals surface area contributed by atoms with Gasteiger partial charge in [-0.1, -0.05) is 24.7 Å². The number of nitrogens with zero attached hydrogens (tertiary/aromatic N) is 3. The summed E-state index contributed by atoms with van der Waals surface area (Å²) in [5.74, 6) is 1.13. The van der Waals surface area contributed by atoms with Crippen LogP contribution in [0.25, 0.3) is 0 Å². The zero-order chi connectivity index (χ0) is 18.2. The van der Waals surface area contributed by atoms with Crippen molar-refractivity contribution in [3.63, 3.8) is 0 Å². The predicted molar refractivity (Wildman–Crippen MR) is 100 cm³/mol. The van der Waals surface area contributed by atoms with E-state index < -0.39 is 6.03 Å². The number of anilines is 3. The lowest BCUT2D eigenvalue weighted by atomic mass is 10.3. The van der Waals surface area contributed by atoms with Crippen molar-refractivity contribution in [3.05, 3.63) is 18.2 Å². The topological polar surface area (TPSA) is 88.6 Å². The maximum Gasteiger partial charge on any atom is 0.325 e. The quantitative estimate of drug-likeness (QED) is 0.745. The molecule has 1 aromatic carbocycles. The van der Waals surface area contributed by atoms with Crippen LogP contribution in [0.5, 0.6) is 11.5 Å². The van der Waals surface area contributed by atoms with Crippen molar-refractivity contribution >= 4 is 33.3 Å². The SMILES string of the molecule is CCCCN(C)c1nnc(NC(=O)Nc2ccc(OC)c(OC)c2)s1. The maximum atomic E-state index is 12.1. The van der Waals surface area contributed by atoms with Crippen LogP contribution in [0, 0.1) is 0 Å². The first-order valence-corrected chi connectivity index (χ1v) is 8.73. The molecule has 0 aliphatic rings. The molecule has 2 aromatic rings. The third kappa shape index (κ3) is 5.21. The predicted octanol–water partition coefficient (Wildman–Crippen LogP) is 3.44. The summed E-state index contributed by atoms with van der Waals surface area (Å²) in [6.45, 7) is 3.04. The van der Waals surface area contributed by atoms with E-state index in [1.165, 1.54) is 11.3 Å². The second-order valence-corrected chi connectivity index (χ2v) is 6.27. The van der Waals surface area contributed by atoms with Crippen LogP contribution in [0.2, 0.25) is 0 Å². The zero-order valence-electron chi connectivity index (χ0n) is 14.8. The van der Waals surface area contributed by atoms with E-state index in [0.29, 0.717) is 22.3 Å². The average Bonchev–Trinajstić information content (AvgIpc) is 3.07. The van der Waals surface area contributed by atoms with Crippen molar-refractivity contribution in [1.29, 1.82) is 0 Å². The summed E-state index contributed by atoms with van der Waals surface area (Å²) in [7, 11) is 5.06. The number of ether oxygens (including phenoxy) is 2. The Hall–Kier alpha value is -2.55. The van der Waals surface area contributed by atoms with Gasteiger partial charge in [-0.2, -0.15) is 0 Å². The molecule has 25 heavy (non-hydrogen) atoms. The normalized spacial score (nSPS) is 10.2. The van der Waals surface area contributed by atoms with Gasteiger partial charge >= 0.3 is 6.03 Å². The van der Waals surface area contributed by atoms with E-state index in [1.807, 2.05) is 11.9 Å². The third-order valence-corrected chi connectivity index (χ3v) is 4.40. The van der Waals surface area contributed by atoms with Gasteiger partial charge in [-0.05, 0) is 18.6 Å². The van der Waals surface area contributed by atoms with E-state index in [-0.39, 0.29) is 0 Å². The molecule has 0 fully saturated rings. The Morgan fingerprint density at radius 2 is 1.96 bits per heavy atom. The lowest BCUT2D eigenvalue weighted by Gasteiger charge is -2.13. The highest BCUT2D eigenvalue weighted by Crippen LogP contribution is 2.30. The van der Waals surface area contributed by atoms with Gasteiger partial charge in [-0.25, -0.2) is 4.79 Å². The summed E-state index contributed by atoms with van der Waals surface area (Å²) in [6, 6.07) is 4.74.